The van der Waals surface area contributed by atoms with Gasteiger partial charge in [-0.1, -0.05) is 38.1 Å². The minimum atomic E-state index is 0.168. The predicted molar refractivity (Wildman–Crippen MR) is 115 cm³/mol. The number of thioether (sulfide) groups is 1. The zero-order chi connectivity index (χ0) is 18.8. The molecule has 1 aromatic heterocycles. The van der Waals surface area contributed by atoms with E-state index in [1.807, 2.05) is 29.2 Å². The minimum absolute atomic E-state index is 0.168. The Morgan fingerprint density at radius 3 is 2.56 bits per heavy atom. The first kappa shape index (κ1) is 18.5. The highest BCUT2D eigenvalue weighted by Gasteiger charge is 2.27. The zero-order valence-electron chi connectivity index (χ0n) is 15.7. The second kappa shape index (κ2) is 8.03. The van der Waals surface area contributed by atoms with Crippen LogP contribution in [0.5, 0.6) is 0 Å². The standard InChI is InChI=1S/C22H24N2OS2/c1-15(2)26-19-9-5-3-7-17(19)22(25)24-13-11-16(12-14-24)21-23-18-8-4-6-10-20(18)27-21/h3-10,15-16H,11-14H2,1-2H3. The molecule has 27 heavy (non-hydrogen) atoms. The molecule has 1 aliphatic heterocycles. The molecule has 0 N–H and O–H groups in total. The molecule has 1 amide bonds. The first-order valence-corrected chi connectivity index (χ1v) is 11.2. The smallest absolute Gasteiger partial charge is 0.254 e. The van der Waals surface area contributed by atoms with Gasteiger partial charge >= 0.3 is 0 Å². The van der Waals surface area contributed by atoms with Crippen LogP contribution in [0.15, 0.2) is 53.4 Å². The lowest BCUT2D eigenvalue weighted by Gasteiger charge is -2.31. The third-order valence-electron chi connectivity index (χ3n) is 4.92. The molecule has 0 aliphatic carbocycles. The van der Waals surface area contributed by atoms with Crippen LogP contribution in [0, 0.1) is 0 Å². The van der Waals surface area contributed by atoms with Crippen molar-refractivity contribution in [1.82, 2.24) is 9.88 Å². The van der Waals surface area contributed by atoms with Crippen LogP contribution < -0.4 is 0 Å². The summed E-state index contributed by atoms with van der Waals surface area (Å²) in [5, 5.41) is 1.68. The van der Waals surface area contributed by atoms with Crippen LogP contribution in [0.3, 0.4) is 0 Å². The molecular formula is C22H24N2OS2. The monoisotopic (exact) mass is 396 g/mol. The number of thiazole rings is 1. The van der Waals surface area contributed by atoms with Gasteiger partial charge in [-0.15, -0.1) is 23.1 Å². The van der Waals surface area contributed by atoms with Crippen LogP contribution in [0.25, 0.3) is 10.2 Å². The zero-order valence-corrected chi connectivity index (χ0v) is 17.4. The third-order valence-corrected chi connectivity index (χ3v) is 7.20. The second-order valence-electron chi connectivity index (χ2n) is 7.25. The number of nitrogens with zero attached hydrogens (tertiary/aromatic N) is 2. The van der Waals surface area contributed by atoms with Gasteiger partial charge in [0.25, 0.3) is 5.91 Å². The van der Waals surface area contributed by atoms with Gasteiger partial charge in [-0.2, -0.15) is 0 Å². The molecule has 0 spiro atoms. The van der Waals surface area contributed by atoms with Gasteiger partial charge in [0.2, 0.25) is 0 Å². The van der Waals surface area contributed by atoms with Crippen molar-refractivity contribution < 1.29 is 4.79 Å². The SMILES string of the molecule is CC(C)Sc1ccccc1C(=O)N1CCC(c2nc3ccccc3s2)CC1. The minimum Gasteiger partial charge on any atom is -0.339 e. The average Bonchev–Trinajstić information content (AvgIpc) is 3.12. The normalized spacial score (nSPS) is 15.6. The molecule has 0 unspecified atom stereocenters. The largest absolute Gasteiger partial charge is 0.339 e. The molecule has 0 radical (unpaired) electrons. The number of para-hydroxylation sites is 1. The van der Waals surface area contributed by atoms with Gasteiger partial charge in [-0.25, -0.2) is 4.98 Å². The summed E-state index contributed by atoms with van der Waals surface area (Å²) in [5.41, 5.74) is 1.94. The number of carbonyl (C=O) groups excluding carboxylic acids is 1. The highest BCUT2D eigenvalue weighted by Crippen LogP contribution is 2.35. The molecule has 1 saturated heterocycles. The first-order valence-electron chi connectivity index (χ1n) is 9.52. The fraction of sp³-hybridized carbons (Fsp3) is 0.364. The van der Waals surface area contributed by atoms with Gasteiger partial charge in [0.1, 0.15) is 0 Å². The molecular weight excluding hydrogens is 372 g/mol. The van der Waals surface area contributed by atoms with Crippen molar-refractivity contribution in [2.45, 2.75) is 42.8 Å². The maximum Gasteiger partial charge on any atom is 0.254 e. The van der Waals surface area contributed by atoms with Crippen molar-refractivity contribution in [3.05, 3.63) is 59.1 Å². The number of benzene rings is 2. The lowest BCUT2D eigenvalue weighted by Crippen LogP contribution is -2.38. The van der Waals surface area contributed by atoms with E-state index in [1.165, 1.54) is 9.71 Å². The van der Waals surface area contributed by atoms with E-state index < -0.39 is 0 Å². The van der Waals surface area contributed by atoms with E-state index in [9.17, 15) is 4.79 Å². The Labute approximate surface area is 168 Å². The molecule has 0 saturated carbocycles. The maximum atomic E-state index is 13.1. The van der Waals surface area contributed by atoms with Crippen molar-refractivity contribution in [2.24, 2.45) is 0 Å². The molecule has 4 rings (SSSR count). The molecule has 1 fully saturated rings. The molecule has 0 bridgehead atoms. The molecule has 0 atom stereocenters. The van der Waals surface area contributed by atoms with Crippen molar-refractivity contribution in [3.8, 4) is 0 Å². The Hall–Kier alpha value is -1.85. The number of likely N-dealkylation sites (tertiary alicyclic amines) is 1. The van der Waals surface area contributed by atoms with E-state index >= 15 is 0 Å². The summed E-state index contributed by atoms with van der Waals surface area (Å²) in [4.78, 5) is 21.0. The number of hydrogen-bond acceptors (Lipinski definition) is 4. The Kier molecular flexibility index (Phi) is 5.50. The summed E-state index contributed by atoms with van der Waals surface area (Å²) in [6.07, 6.45) is 1.98. The van der Waals surface area contributed by atoms with Crippen molar-refractivity contribution >= 4 is 39.2 Å². The Morgan fingerprint density at radius 1 is 1.11 bits per heavy atom. The van der Waals surface area contributed by atoms with Crippen molar-refractivity contribution in [2.75, 3.05) is 13.1 Å². The number of fused-ring (bicyclic) bond motifs is 1. The van der Waals surface area contributed by atoms with Crippen LogP contribution in [-0.2, 0) is 0 Å². The summed E-state index contributed by atoms with van der Waals surface area (Å²) in [7, 11) is 0. The highest BCUT2D eigenvalue weighted by atomic mass is 32.2. The van der Waals surface area contributed by atoms with E-state index in [0.717, 1.165) is 41.9 Å². The summed E-state index contributed by atoms with van der Waals surface area (Å²) >= 11 is 3.56. The van der Waals surface area contributed by atoms with E-state index in [1.54, 1.807) is 23.1 Å². The number of piperidine rings is 1. The lowest BCUT2D eigenvalue weighted by atomic mass is 9.97. The van der Waals surface area contributed by atoms with Gasteiger partial charge in [0.05, 0.1) is 20.8 Å². The van der Waals surface area contributed by atoms with Crippen molar-refractivity contribution in [3.63, 3.8) is 0 Å². The fourth-order valence-electron chi connectivity index (χ4n) is 3.56. The second-order valence-corrected chi connectivity index (χ2v) is 9.93. The third kappa shape index (κ3) is 4.04. The van der Waals surface area contributed by atoms with Crippen molar-refractivity contribution in [1.29, 1.82) is 0 Å². The summed E-state index contributed by atoms with van der Waals surface area (Å²) < 4.78 is 1.26. The van der Waals surface area contributed by atoms with Gasteiger partial charge in [0.15, 0.2) is 0 Å². The van der Waals surface area contributed by atoms with Crippen LogP contribution in [0.1, 0.15) is 48.0 Å². The summed E-state index contributed by atoms with van der Waals surface area (Å²) in [6, 6.07) is 16.3. The number of hydrogen-bond donors (Lipinski definition) is 0. The van der Waals surface area contributed by atoms with E-state index in [2.05, 4.69) is 38.1 Å². The fourth-order valence-corrected chi connectivity index (χ4v) is 5.65. The highest BCUT2D eigenvalue weighted by molar-refractivity contribution is 8.00. The number of amides is 1. The van der Waals surface area contributed by atoms with Crippen LogP contribution in [0.2, 0.25) is 0 Å². The van der Waals surface area contributed by atoms with Gasteiger partial charge in [0, 0.05) is 29.2 Å². The average molecular weight is 397 g/mol. The van der Waals surface area contributed by atoms with Crippen LogP contribution in [0.4, 0.5) is 0 Å². The Bertz CT molecular complexity index is 909. The number of aromatic nitrogens is 1. The lowest BCUT2D eigenvalue weighted by molar-refractivity contribution is 0.0709. The number of carbonyl (C=O) groups is 1. The van der Waals surface area contributed by atoms with Gasteiger partial charge in [-0.3, -0.25) is 4.79 Å². The first-order chi connectivity index (χ1) is 13.1. The molecule has 3 nitrogen and oxygen atoms in total. The quantitative estimate of drug-likeness (QED) is 0.521. The topological polar surface area (TPSA) is 33.2 Å². The molecule has 1 aliphatic rings. The number of rotatable bonds is 4. The molecule has 140 valence electrons. The van der Waals surface area contributed by atoms with E-state index in [4.69, 9.17) is 4.98 Å². The Balaban J connectivity index is 1.45. The van der Waals surface area contributed by atoms with Crippen LogP contribution in [-0.4, -0.2) is 34.1 Å². The maximum absolute atomic E-state index is 13.1. The molecule has 5 heteroatoms. The van der Waals surface area contributed by atoms with E-state index in [-0.39, 0.29) is 5.91 Å². The molecule has 3 aromatic rings. The molecule has 2 heterocycles. The summed E-state index contributed by atoms with van der Waals surface area (Å²) in [5.74, 6) is 0.633. The molecule has 2 aromatic carbocycles. The van der Waals surface area contributed by atoms with Crippen LogP contribution >= 0.6 is 23.1 Å². The predicted octanol–water partition coefficient (Wildman–Crippen LogP) is 5.82. The van der Waals surface area contributed by atoms with Gasteiger partial charge in [-0.05, 0) is 37.1 Å². The summed E-state index contributed by atoms with van der Waals surface area (Å²) in [6.45, 7) is 5.94. The van der Waals surface area contributed by atoms with Gasteiger partial charge < -0.3 is 4.90 Å². The van der Waals surface area contributed by atoms with E-state index in [0.29, 0.717) is 11.2 Å². The Morgan fingerprint density at radius 2 is 1.81 bits per heavy atom.